The van der Waals surface area contributed by atoms with E-state index in [0.29, 0.717) is 0 Å². The first-order valence-electron chi connectivity index (χ1n) is 10.6. The zero-order valence-corrected chi connectivity index (χ0v) is 17.1. The van der Waals surface area contributed by atoms with E-state index in [1.165, 1.54) is 49.2 Å². The van der Waals surface area contributed by atoms with Crippen molar-refractivity contribution in [3.05, 3.63) is 103 Å². The Morgan fingerprint density at radius 3 is 2.03 bits per heavy atom. The highest BCUT2D eigenvalue weighted by atomic mass is 16.3. The quantitative estimate of drug-likeness (QED) is 0.273. The Bertz CT molecular complexity index is 1780. The van der Waals surface area contributed by atoms with Crippen LogP contribution in [0.5, 0.6) is 0 Å². The molecular weight excluding hydrogens is 378 g/mol. The molecule has 7 aromatic rings. The molecule has 0 aliphatic carbocycles. The van der Waals surface area contributed by atoms with Crippen LogP contribution in [0.15, 0.2) is 101 Å². The van der Waals surface area contributed by atoms with Gasteiger partial charge in [0.1, 0.15) is 11.2 Å². The predicted molar refractivity (Wildman–Crippen MR) is 130 cm³/mol. The average Bonchev–Trinajstić information content (AvgIpc) is 3.36. The van der Waals surface area contributed by atoms with Crippen molar-refractivity contribution in [3.8, 4) is 5.69 Å². The first-order chi connectivity index (χ1) is 15.3. The van der Waals surface area contributed by atoms with Crippen molar-refractivity contribution in [1.82, 2.24) is 4.57 Å². The molecule has 5 aromatic carbocycles. The zero-order valence-electron chi connectivity index (χ0n) is 17.1. The molecule has 146 valence electrons. The summed E-state index contributed by atoms with van der Waals surface area (Å²) in [6.45, 7) is 2.13. The van der Waals surface area contributed by atoms with Crippen LogP contribution < -0.4 is 0 Å². The van der Waals surface area contributed by atoms with Crippen LogP contribution in [0.4, 0.5) is 0 Å². The van der Waals surface area contributed by atoms with Crippen molar-refractivity contribution in [3.63, 3.8) is 0 Å². The Morgan fingerprint density at radius 1 is 0.581 bits per heavy atom. The van der Waals surface area contributed by atoms with Gasteiger partial charge in [-0.15, -0.1) is 0 Å². The molecule has 0 N–H and O–H groups in total. The molecule has 0 bridgehead atoms. The molecule has 0 aliphatic rings. The van der Waals surface area contributed by atoms with Crippen molar-refractivity contribution in [1.29, 1.82) is 0 Å². The smallest absolute Gasteiger partial charge is 0.144 e. The second-order valence-corrected chi connectivity index (χ2v) is 8.26. The van der Waals surface area contributed by atoms with Gasteiger partial charge in [0.05, 0.1) is 11.0 Å². The molecule has 0 saturated heterocycles. The molecule has 2 heteroatoms. The molecule has 2 nitrogen and oxygen atoms in total. The molecule has 7 rings (SSSR count). The minimum atomic E-state index is 0.933. The Hall–Kier alpha value is -4.04. The van der Waals surface area contributed by atoms with E-state index in [-0.39, 0.29) is 0 Å². The third kappa shape index (κ3) is 2.17. The molecule has 0 radical (unpaired) electrons. The van der Waals surface area contributed by atoms with Crippen LogP contribution >= 0.6 is 0 Å². The lowest BCUT2D eigenvalue weighted by molar-refractivity contribution is 0.673. The Morgan fingerprint density at radius 2 is 1.23 bits per heavy atom. The summed E-state index contributed by atoms with van der Waals surface area (Å²) in [7, 11) is 0. The van der Waals surface area contributed by atoms with Crippen LogP contribution in [0.2, 0.25) is 0 Å². The van der Waals surface area contributed by atoms with E-state index < -0.39 is 0 Å². The van der Waals surface area contributed by atoms with Crippen LogP contribution in [-0.2, 0) is 0 Å². The lowest BCUT2D eigenvalue weighted by Gasteiger charge is -2.10. The van der Waals surface area contributed by atoms with E-state index in [2.05, 4.69) is 102 Å². The van der Waals surface area contributed by atoms with Gasteiger partial charge in [0.2, 0.25) is 0 Å². The van der Waals surface area contributed by atoms with Crippen molar-refractivity contribution in [2.24, 2.45) is 0 Å². The SMILES string of the molecule is Cc1ccc(-n2c3ccccc3c3c4c5ccccc5oc4c4ccccc4c32)cc1. The number of aryl methyl sites for hydroxylation is 1. The fourth-order valence-electron chi connectivity index (χ4n) is 5.08. The number of furan rings is 1. The minimum Gasteiger partial charge on any atom is -0.455 e. The van der Waals surface area contributed by atoms with Crippen molar-refractivity contribution < 1.29 is 4.42 Å². The number of benzene rings is 5. The maximum absolute atomic E-state index is 6.44. The van der Waals surface area contributed by atoms with Crippen LogP contribution in [0.3, 0.4) is 0 Å². The molecule has 0 aliphatic heterocycles. The van der Waals surface area contributed by atoms with Gasteiger partial charge in [0, 0.05) is 38.0 Å². The van der Waals surface area contributed by atoms with Gasteiger partial charge in [-0.25, -0.2) is 0 Å². The summed E-state index contributed by atoms with van der Waals surface area (Å²) in [4.78, 5) is 0. The highest BCUT2D eigenvalue weighted by Gasteiger charge is 2.22. The largest absolute Gasteiger partial charge is 0.455 e. The number of hydrogen-bond acceptors (Lipinski definition) is 1. The molecule has 0 spiro atoms. The third-order valence-corrected chi connectivity index (χ3v) is 6.44. The number of aromatic nitrogens is 1. The minimum absolute atomic E-state index is 0.933. The van der Waals surface area contributed by atoms with Gasteiger partial charge in [-0.05, 0) is 31.2 Å². The Kier molecular flexibility index (Phi) is 3.23. The average molecular weight is 397 g/mol. The van der Waals surface area contributed by atoms with E-state index in [1.54, 1.807) is 0 Å². The number of para-hydroxylation sites is 2. The normalized spacial score (nSPS) is 12.0. The topological polar surface area (TPSA) is 18.1 Å². The summed E-state index contributed by atoms with van der Waals surface area (Å²) in [5.41, 5.74) is 6.79. The van der Waals surface area contributed by atoms with Crippen LogP contribution in [-0.4, -0.2) is 4.57 Å². The van der Waals surface area contributed by atoms with Gasteiger partial charge < -0.3 is 8.98 Å². The van der Waals surface area contributed by atoms with Crippen LogP contribution in [0, 0.1) is 6.92 Å². The maximum atomic E-state index is 6.44. The van der Waals surface area contributed by atoms with E-state index in [9.17, 15) is 0 Å². The Balaban J connectivity index is 1.86. The van der Waals surface area contributed by atoms with Gasteiger partial charge in [0.25, 0.3) is 0 Å². The molecule has 0 unspecified atom stereocenters. The van der Waals surface area contributed by atoms with Gasteiger partial charge in [-0.1, -0.05) is 78.4 Å². The number of hydrogen-bond donors (Lipinski definition) is 0. The molecule has 0 saturated carbocycles. The Labute approximate surface area is 178 Å². The molecule has 0 fully saturated rings. The molecular formula is C29H19NO. The predicted octanol–water partition coefficient (Wildman–Crippen LogP) is 8.14. The standard InChI is InChI=1S/C29H19NO/c1-18-14-16-19(17-15-18)30-24-12-6-4-10-22(24)26-27-23-11-5-7-13-25(23)31-29(27)21-9-3-2-8-20(21)28(26)30/h2-17H,1H3. The first-order valence-corrected chi connectivity index (χ1v) is 10.6. The van der Waals surface area contributed by atoms with Gasteiger partial charge in [0.15, 0.2) is 0 Å². The van der Waals surface area contributed by atoms with E-state index in [1.807, 2.05) is 6.07 Å². The summed E-state index contributed by atoms with van der Waals surface area (Å²) in [6.07, 6.45) is 0. The summed E-state index contributed by atoms with van der Waals surface area (Å²) < 4.78 is 8.85. The fraction of sp³-hybridized carbons (Fsp3) is 0.0345. The molecule has 2 aromatic heterocycles. The first kappa shape index (κ1) is 16.7. The van der Waals surface area contributed by atoms with Crippen LogP contribution in [0.1, 0.15) is 5.56 Å². The summed E-state index contributed by atoms with van der Waals surface area (Å²) in [6, 6.07) is 34.5. The monoisotopic (exact) mass is 397 g/mol. The molecule has 0 atom stereocenters. The van der Waals surface area contributed by atoms with Crippen molar-refractivity contribution in [2.75, 3.05) is 0 Å². The number of rotatable bonds is 1. The van der Waals surface area contributed by atoms with Crippen molar-refractivity contribution >= 4 is 54.5 Å². The van der Waals surface area contributed by atoms with E-state index >= 15 is 0 Å². The maximum Gasteiger partial charge on any atom is 0.144 e. The van der Waals surface area contributed by atoms with E-state index in [4.69, 9.17) is 4.42 Å². The number of fused-ring (bicyclic) bond motifs is 10. The summed E-state index contributed by atoms with van der Waals surface area (Å²) in [5, 5.41) is 7.24. The lowest BCUT2D eigenvalue weighted by atomic mass is 9.99. The summed E-state index contributed by atoms with van der Waals surface area (Å²) >= 11 is 0. The third-order valence-electron chi connectivity index (χ3n) is 6.44. The van der Waals surface area contributed by atoms with E-state index in [0.717, 1.165) is 16.6 Å². The van der Waals surface area contributed by atoms with Gasteiger partial charge in [-0.2, -0.15) is 0 Å². The highest BCUT2D eigenvalue weighted by Crippen LogP contribution is 2.45. The molecule has 0 amide bonds. The van der Waals surface area contributed by atoms with Gasteiger partial charge >= 0.3 is 0 Å². The van der Waals surface area contributed by atoms with Gasteiger partial charge in [-0.3, -0.25) is 0 Å². The van der Waals surface area contributed by atoms with Crippen LogP contribution in [0.25, 0.3) is 60.2 Å². The molecule has 2 heterocycles. The highest BCUT2D eigenvalue weighted by molar-refractivity contribution is 6.35. The zero-order chi connectivity index (χ0) is 20.5. The summed E-state index contributed by atoms with van der Waals surface area (Å²) in [5.74, 6) is 0. The lowest BCUT2D eigenvalue weighted by Crippen LogP contribution is -1.94. The second kappa shape index (κ2) is 5.99. The fourth-order valence-corrected chi connectivity index (χ4v) is 5.08. The van der Waals surface area contributed by atoms with Crippen molar-refractivity contribution in [2.45, 2.75) is 6.92 Å². The second-order valence-electron chi connectivity index (χ2n) is 8.26. The molecule has 31 heavy (non-hydrogen) atoms. The number of nitrogens with zero attached hydrogens (tertiary/aromatic N) is 1.